The van der Waals surface area contributed by atoms with Gasteiger partial charge < -0.3 is 19.5 Å². The molecule has 3 aromatic carbocycles. The number of hydrogen-bond donors (Lipinski definition) is 1. The molecule has 1 unspecified atom stereocenters. The third-order valence-corrected chi connectivity index (χ3v) is 7.26. The molecule has 37 heavy (non-hydrogen) atoms. The number of carbonyl (C=O) groups is 1. The molecule has 3 heterocycles. The minimum Gasteiger partial charge on any atom is -0.491 e. The van der Waals surface area contributed by atoms with Crippen molar-refractivity contribution in [2.75, 3.05) is 19.7 Å². The number of halogens is 2. The van der Waals surface area contributed by atoms with E-state index in [4.69, 9.17) is 4.74 Å². The van der Waals surface area contributed by atoms with Gasteiger partial charge in [0.25, 0.3) is 5.92 Å². The van der Waals surface area contributed by atoms with E-state index in [9.17, 15) is 13.6 Å². The second kappa shape index (κ2) is 9.18. The normalized spacial score (nSPS) is 19.3. The molecule has 190 valence electrons. The number of fused-ring (bicyclic) bond motifs is 2. The van der Waals surface area contributed by atoms with Crippen LogP contribution in [0.5, 0.6) is 5.75 Å². The number of nitrogens with one attached hydrogen (secondary N) is 1. The first kappa shape index (κ1) is 23.5. The number of benzene rings is 3. The van der Waals surface area contributed by atoms with Gasteiger partial charge in [-0.1, -0.05) is 42.5 Å². The highest BCUT2D eigenvalue weighted by Crippen LogP contribution is 2.41. The Hall–Kier alpha value is -3.94. The van der Waals surface area contributed by atoms with E-state index < -0.39 is 12.0 Å². The van der Waals surface area contributed by atoms with Crippen LogP contribution in [0.4, 0.5) is 13.6 Å². The molecule has 2 amide bonds. The van der Waals surface area contributed by atoms with Gasteiger partial charge in [0.15, 0.2) is 0 Å². The second-order valence-electron chi connectivity index (χ2n) is 9.86. The number of aromatic nitrogens is 2. The first-order valence-electron chi connectivity index (χ1n) is 12.6. The summed E-state index contributed by atoms with van der Waals surface area (Å²) in [7, 11) is 0. The highest BCUT2D eigenvalue weighted by molar-refractivity contribution is 5.82. The van der Waals surface area contributed by atoms with Gasteiger partial charge in [0.2, 0.25) is 0 Å². The zero-order chi connectivity index (χ0) is 25.6. The van der Waals surface area contributed by atoms with Gasteiger partial charge in [-0.15, -0.1) is 0 Å². The average molecular weight is 503 g/mol. The van der Waals surface area contributed by atoms with Crippen LogP contribution in [0.15, 0.2) is 66.7 Å². The lowest BCUT2D eigenvalue weighted by Crippen LogP contribution is -2.50. The highest BCUT2D eigenvalue weighted by Gasteiger charge is 2.43. The van der Waals surface area contributed by atoms with Gasteiger partial charge in [0.05, 0.1) is 30.2 Å². The fourth-order valence-corrected chi connectivity index (χ4v) is 5.37. The number of urea groups is 1. The largest absolute Gasteiger partial charge is 0.491 e. The number of nitrogens with zero attached hydrogens (tertiary/aromatic N) is 3. The summed E-state index contributed by atoms with van der Waals surface area (Å²) in [5.74, 6) is -1.20. The molecule has 0 saturated carbocycles. The van der Waals surface area contributed by atoms with Crippen LogP contribution in [-0.4, -0.2) is 51.4 Å². The zero-order valence-electron chi connectivity index (χ0n) is 20.6. The Morgan fingerprint density at radius 3 is 2.68 bits per heavy atom. The third kappa shape index (κ3) is 4.63. The molecule has 6 nitrogen and oxygen atoms in total. The van der Waals surface area contributed by atoms with Gasteiger partial charge in [0.1, 0.15) is 18.2 Å². The lowest BCUT2D eigenvalue weighted by molar-refractivity contribution is -0.0710. The Morgan fingerprint density at radius 1 is 1.05 bits per heavy atom. The molecule has 0 aliphatic carbocycles. The molecular weight excluding hydrogens is 474 g/mol. The molecule has 6 rings (SSSR count). The molecular formula is C29H28F2N4O2. The van der Waals surface area contributed by atoms with E-state index in [1.165, 1.54) is 0 Å². The van der Waals surface area contributed by atoms with Crippen molar-refractivity contribution >= 4 is 17.1 Å². The van der Waals surface area contributed by atoms with Crippen LogP contribution >= 0.6 is 0 Å². The lowest BCUT2D eigenvalue weighted by atomic mass is 9.93. The number of imidazole rings is 1. The summed E-state index contributed by atoms with van der Waals surface area (Å²) in [5, 5.41) is 0. The number of likely N-dealkylation sites (tertiary alicyclic amines) is 1. The number of alkyl halides is 2. The fraction of sp³-hybridized carbons (Fsp3) is 0.310. The number of amides is 2. The van der Waals surface area contributed by atoms with Crippen molar-refractivity contribution in [2.45, 2.75) is 38.3 Å². The Labute approximate surface area is 213 Å². The zero-order valence-corrected chi connectivity index (χ0v) is 20.6. The van der Waals surface area contributed by atoms with Crippen LogP contribution in [-0.2, 0) is 6.54 Å². The summed E-state index contributed by atoms with van der Waals surface area (Å²) in [5.41, 5.74) is 5.54. The minimum absolute atomic E-state index is 0.0132. The Kier molecular flexibility index (Phi) is 5.82. The minimum atomic E-state index is -2.80. The SMILES string of the molecule is Cc1nc2ccc(-c3ccc4c(c3)CN(C(=O)N3CCC(F)(F)CC3c3ccccc3)CCO4)cc2[nH]1. The van der Waals surface area contributed by atoms with Gasteiger partial charge in [-0.2, -0.15) is 0 Å². The smallest absolute Gasteiger partial charge is 0.320 e. The van der Waals surface area contributed by atoms with Crippen LogP contribution in [0.25, 0.3) is 22.2 Å². The number of piperidine rings is 1. The predicted molar refractivity (Wildman–Crippen MR) is 138 cm³/mol. The van der Waals surface area contributed by atoms with Crippen molar-refractivity contribution in [3.8, 4) is 16.9 Å². The summed E-state index contributed by atoms with van der Waals surface area (Å²) in [6.07, 6.45) is -0.702. The molecule has 0 radical (unpaired) electrons. The number of H-pyrrole nitrogens is 1. The van der Waals surface area contributed by atoms with Crippen LogP contribution in [0, 0.1) is 6.92 Å². The van der Waals surface area contributed by atoms with Crippen molar-refractivity contribution in [1.29, 1.82) is 0 Å². The van der Waals surface area contributed by atoms with Crippen LogP contribution in [0.3, 0.4) is 0 Å². The quantitative estimate of drug-likeness (QED) is 0.349. The van der Waals surface area contributed by atoms with Gasteiger partial charge in [-0.3, -0.25) is 0 Å². The molecule has 2 aliphatic rings. The molecule has 0 bridgehead atoms. The van der Waals surface area contributed by atoms with E-state index >= 15 is 0 Å². The highest BCUT2D eigenvalue weighted by atomic mass is 19.3. The molecule has 0 spiro atoms. The molecule has 2 aliphatic heterocycles. The molecule has 1 saturated heterocycles. The van der Waals surface area contributed by atoms with Crippen molar-refractivity contribution in [2.24, 2.45) is 0 Å². The molecule has 4 aromatic rings. The maximum absolute atomic E-state index is 14.4. The number of hydrogen-bond acceptors (Lipinski definition) is 3. The van der Waals surface area contributed by atoms with E-state index in [-0.39, 0.29) is 25.4 Å². The summed E-state index contributed by atoms with van der Waals surface area (Å²) in [6, 6.07) is 20.3. The maximum atomic E-state index is 14.4. The maximum Gasteiger partial charge on any atom is 0.320 e. The van der Waals surface area contributed by atoms with E-state index in [0.717, 1.165) is 44.9 Å². The number of aromatic amines is 1. The van der Waals surface area contributed by atoms with E-state index in [1.807, 2.05) is 67.6 Å². The summed E-state index contributed by atoms with van der Waals surface area (Å²) >= 11 is 0. The summed E-state index contributed by atoms with van der Waals surface area (Å²) < 4.78 is 34.8. The first-order valence-corrected chi connectivity index (χ1v) is 12.6. The van der Waals surface area contributed by atoms with Gasteiger partial charge >= 0.3 is 6.03 Å². The molecule has 8 heteroatoms. The van der Waals surface area contributed by atoms with E-state index in [1.54, 1.807) is 9.80 Å². The van der Waals surface area contributed by atoms with Crippen molar-refractivity contribution in [3.63, 3.8) is 0 Å². The van der Waals surface area contributed by atoms with Crippen molar-refractivity contribution in [1.82, 2.24) is 19.8 Å². The average Bonchev–Trinajstić information content (AvgIpc) is 3.13. The lowest BCUT2D eigenvalue weighted by Gasteiger charge is -2.41. The van der Waals surface area contributed by atoms with Crippen LogP contribution in [0.1, 0.15) is 35.8 Å². The van der Waals surface area contributed by atoms with Gasteiger partial charge in [-0.25, -0.2) is 18.6 Å². The number of ether oxygens (including phenoxy) is 1. The Balaban J connectivity index is 1.28. The predicted octanol–water partition coefficient (Wildman–Crippen LogP) is 6.33. The molecule has 1 N–H and O–H groups in total. The fourth-order valence-electron chi connectivity index (χ4n) is 5.37. The number of carbonyl (C=O) groups excluding carboxylic acids is 1. The van der Waals surface area contributed by atoms with E-state index in [0.29, 0.717) is 19.7 Å². The standard InChI is InChI=1S/C29H28F2N4O2/c1-19-32-24-9-7-22(16-25(24)33-19)21-8-10-27-23(15-21)18-34(13-14-37-27)28(36)35-12-11-29(30,31)17-26(35)20-5-3-2-4-6-20/h2-10,15-16,26H,11-14,17-18H2,1H3,(H,32,33). The van der Waals surface area contributed by atoms with Crippen molar-refractivity contribution in [3.05, 3.63) is 83.7 Å². The van der Waals surface area contributed by atoms with Gasteiger partial charge in [-0.05, 0) is 47.9 Å². The Morgan fingerprint density at radius 2 is 1.84 bits per heavy atom. The topological polar surface area (TPSA) is 61.5 Å². The second-order valence-corrected chi connectivity index (χ2v) is 9.86. The van der Waals surface area contributed by atoms with Gasteiger partial charge in [0, 0.05) is 24.9 Å². The summed E-state index contributed by atoms with van der Waals surface area (Å²) in [4.78, 5) is 24.8. The van der Waals surface area contributed by atoms with E-state index in [2.05, 4.69) is 16.0 Å². The summed E-state index contributed by atoms with van der Waals surface area (Å²) in [6.45, 7) is 3.02. The first-order chi connectivity index (χ1) is 17.9. The van der Waals surface area contributed by atoms with Crippen molar-refractivity contribution < 1.29 is 18.3 Å². The Bertz CT molecular complexity index is 1450. The van der Waals surface area contributed by atoms with Crippen LogP contribution < -0.4 is 4.74 Å². The number of aryl methyl sites for hydroxylation is 1. The molecule has 1 atom stereocenters. The monoisotopic (exact) mass is 502 g/mol. The number of rotatable bonds is 2. The molecule has 1 fully saturated rings. The third-order valence-electron chi connectivity index (χ3n) is 7.26. The van der Waals surface area contributed by atoms with Crippen LogP contribution in [0.2, 0.25) is 0 Å². The molecule has 1 aromatic heterocycles.